The lowest BCUT2D eigenvalue weighted by molar-refractivity contribution is 0.264. The Morgan fingerprint density at radius 3 is 2.50 bits per heavy atom. The molecule has 1 N–H and O–H groups in total. The zero-order chi connectivity index (χ0) is 15.9. The van der Waals surface area contributed by atoms with Crippen molar-refractivity contribution in [2.75, 3.05) is 7.05 Å². The summed E-state index contributed by atoms with van der Waals surface area (Å²) in [5, 5.41) is 7.86. The number of hydrogen-bond acceptors (Lipinski definition) is 3. The number of nitrogens with zero attached hydrogens (tertiary/aromatic N) is 3. The summed E-state index contributed by atoms with van der Waals surface area (Å²) in [7, 11) is 2.18. The molecule has 4 heteroatoms. The second-order valence-electron chi connectivity index (χ2n) is 6.29. The van der Waals surface area contributed by atoms with Gasteiger partial charge in [-0.25, -0.2) is 0 Å². The molecular formula is C18H28N4. The maximum atomic E-state index is 4.26. The highest BCUT2D eigenvalue weighted by molar-refractivity contribution is 5.27. The topological polar surface area (TPSA) is 33.1 Å². The summed E-state index contributed by atoms with van der Waals surface area (Å²) in [5.74, 6) is 0. The molecule has 4 nitrogen and oxygen atoms in total. The molecule has 1 aromatic carbocycles. The van der Waals surface area contributed by atoms with Gasteiger partial charge < -0.3 is 5.32 Å². The van der Waals surface area contributed by atoms with Crippen molar-refractivity contribution in [3.8, 4) is 0 Å². The molecule has 120 valence electrons. The fourth-order valence-electron chi connectivity index (χ4n) is 2.37. The molecule has 1 atom stereocenters. The number of aromatic nitrogens is 2. The Labute approximate surface area is 134 Å². The van der Waals surface area contributed by atoms with E-state index in [0.717, 1.165) is 19.6 Å². The fourth-order valence-corrected chi connectivity index (χ4v) is 2.37. The van der Waals surface area contributed by atoms with Gasteiger partial charge in [0.25, 0.3) is 0 Å². The molecule has 0 spiro atoms. The van der Waals surface area contributed by atoms with Gasteiger partial charge in [0.1, 0.15) is 0 Å². The maximum absolute atomic E-state index is 4.26. The molecule has 0 radical (unpaired) electrons. The smallest absolute Gasteiger partial charge is 0.0560 e. The van der Waals surface area contributed by atoms with Gasteiger partial charge in [0.15, 0.2) is 0 Å². The fraction of sp³-hybridized carbons (Fsp3) is 0.500. The number of nitrogens with one attached hydrogen (secondary N) is 1. The van der Waals surface area contributed by atoms with Gasteiger partial charge in [-0.3, -0.25) is 9.58 Å². The Morgan fingerprint density at radius 2 is 1.86 bits per heavy atom. The van der Waals surface area contributed by atoms with E-state index in [4.69, 9.17) is 0 Å². The van der Waals surface area contributed by atoms with Crippen LogP contribution in [0.5, 0.6) is 0 Å². The van der Waals surface area contributed by atoms with E-state index in [2.05, 4.69) is 67.4 Å². The monoisotopic (exact) mass is 300 g/mol. The largest absolute Gasteiger partial charge is 0.308 e. The Morgan fingerprint density at radius 1 is 1.14 bits per heavy atom. The lowest BCUT2D eigenvalue weighted by Crippen LogP contribution is -2.31. The second kappa shape index (κ2) is 8.11. The van der Waals surface area contributed by atoms with Gasteiger partial charge in [0, 0.05) is 37.6 Å². The summed E-state index contributed by atoms with van der Waals surface area (Å²) in [4.78, 5) is 2.37. The molecule has 0 aliphatic rings. The first-order valence-electron chi connectivity index (χ1n) is 8.04. The van der Waals surface area contributed by atoms with Gasteiger partial charge in [-0.2, -0.15) is 5.10 Å². The molecule has 0 aliphatic carbocycles. The molecule has 0 aliphatic heterocycles. The predicted octanol–water partition coefficient (Wildman–Crippen LogP) is 2.90. The maximum Gasteiger partial charge on any atom is 0.0560 e. The molecule has 0 amide bonds. The standard InChI is InChI=1S/C18H28N4/c1-15(2)21(4)14-18-9-6-5-8-17(18)12-19-16(3)13-22-11-7-10-20-22/h5-11,15-16,19H,12-14H2,1-4H3/t16-/m0/s1. The minimum Gasteiger partial charge on any atom is -0.308 e. The summed E-state index contributed by atoms with van der Waals surface area (Å²) in [6.07, 6.45) is 3.83. The van der Waals surface area contributed by atoms with Crippen LogP contribution in [0.1, 0.15) is 31.9 Å². The first-order valence-corrected chi connectivity index (χ1v) is 8.04. The van der Waals surface area contributed by atoms with Gasteiger partial charge in [-0.1, -0.05) is 24.3 Å². The average Bonchev–Trinajstić information content (AvgIpc) is 2.99. The third kappa shape index (κ3) is 4.97. The van der Waals surface area contributed by atoms with Crippen molar-refractivity contribution in [3.63, 3.8) is 0 Å². The van der Waals surface area contributed by atoms with Crippen molar-refractivity contribution in [1.29, 1.82) is 0 Å². The summed E-state index contributed by atoms with van der Waals surface area (Å²) in [6.45, 7) is 9.43. The highest BCUT2D eigenvalue weighted by Crippen LogP contribution is 2.12. The minimum absolute atomic E-state index is 0.385. The average molecular weight is 300 g/mol. The van der Waals surface area contributed by atoms with Crippen LogP contribution >= 0.6 is 0 Å². The van der Waals surface area contributed by atoms with Crippen molar-refractivity contribution >= 4 is 0 Å². The third-order valence-electron chi connectivity index (χ3n) is 4.08. The Kier molecular flexibility index (Phi) is 6.16. The van der Waals surface area contributed by atoms with Crippen LogP contribution in [0.3, 0.4) is 0 Å². The first kappa shape index (κ1) is 16.7. The Hall–Kier alpha value is -1.65. The van der Waals surface area contributed by atoms with Crippen molar-refractivity contribution in [3.05, 3.63) is 53.9 Å². The molecule has 2 aromatic rings. The van der Waals surface area contributed by atoms with Gasteiger partial charge in [-0.15, -0.1) is 0 Å². The molecule has 22 heavy (non-hydrogen) atoms. The van der Waals surface area contributed by atoms with Crippen molar-refractivity contribution < 1.29 is 0 Å². The van der Waals surface area contributed by atoms with Crippen molar-refractivity contribution in [1.82, 2.24) is 20.0 Å². The van der Waals surface area contributed by atoms with Crippen molar-refractivity contribution in [2.24, 2.45) is 0 Å². The van der Waals surface area contributed by atoms with E-state index < -0.39 is 0 Å². The first-order chi connectivity index (χ1) is 10.6. The zero-order valence-corrected chi connectivity index (χ0v) is 14.2. The van der Waals surface area contributed by atoms with Crippen LogP contribution in [-0.4, -0.2) is 33.8 Å². The number of rotatable bonds is 8. The third-order valence-corrected chi connectivity index (χ3v) is 4.08. The molecule has 0 unspecified atom stereocenters. The lowest BCUT2D eigenvalue weighted by Gasteiger charge is -2.23. The van der Waals surface area contributed by atoms with E-state index in [1.807, 2.05) is 23.1 Å². The number of hydrogen-bond donors (Lipinski definition) is 1. The Bertz CT molecular complexity index is 548. The molecule has 1 heterocycles. The van der Waals surface area contributed by atoms with Gasteiger partial charge >= 0.3 is 0 Å². The van der Waals surface area contributed by atoms with Crippen LogP contribution in [0.15, 0.2) is 42.7 Å². The number of benzene rings is 1. The van der Waals surface area contributed by atoms with Gasteiger partial charge in [0.05, 0.1) is 6.54 Å². The van der Waals surface area contributed by atoms with E-state index in [0.29, 0.717) is 12.1 Å². The molecule has 2 rings (SSSR count). The quantitative estimate of drug-likeness (QED) is 0.814. The van der Waals surface area contributed by atoms with Gasteiger partial charge in [0.2, 0.25) is 0 Å². The summed E-state index contributed by atoms with van der Waals surface area (Å²) in [5.41, 5.74) is 2.78. The molecule has 0 saturated heterocycles. The van der Waals surface area contributed by atoms with Crippen LogP contribution in [0.2, 0.25) is 0 Å². The van der Waals surface area contributed by atoms with Crippen molar-refractivity contribution in [2.45, 2.75) is 52.5 Å². The van der Waals surface area contributed by atoms with Crippen LogP contribution in [0.4, 0.5) is 0 Å². The predicted molar refractivity (Wildman–Crippen MR) is 91.6 cm³/mol. The van der Waals surface area contributed by atoms with Crippen LogP contribution < -0.4 is 5.32 Å². The summed E-state index contributed by atoms with van der Waals surface area (Å²) in [6, 6.07) is 11.6. The highest BCUT2D eigenvalue weighted by atomic mass is 15.3. The van der Waals surface area contributed by atoms with Crippen LogP contribution in [-0.2, 0) is 19.6 Å². The van der Waals surface area contributed by atoms with Crippen LogP contribution in [0, 0.1) is 0 Å². The molecule has 1 aromatic heterocycles. The molecule has 0 saturated carbocycles. The molecular weight excluding hydrogens is 272 g/mol. The van der Waals surface area contributed by atoms with E-state index in [-0.39, 0.29) is 0 Å². The normalized spacial score (nSPS) is 13.0. The Balaban J connectivity index is 1.91. The van der Waals surface area contributed by atoms with E-state index in [1.54, 1.807) is 0 Å². The lowest BCUT2D eigenvalue weighted by atomic mass is 10.1. The highest BCUT2D eigenvalue weighted by Gasteiger charge is 2.09. The van der Waals surface area contributed by atoms with E-state index in [9.17, 15) is 0 Å². The van der Waals surface area contributed by atoms with E-state index >= 15 is 0 Å². The summed E-state index contributed by atoms with van der Waals surface area (Å²) >= 11 is 0. The van der Waals surface area contributed by atoms with Gasteiger partial charge in [-0.05, 0) is 45.0 Å². The molecule has 0 fully saturated rings. The van der Waals surface area contributed by atoms with Crippen LogP contribution in [0.25, 0.3) is 0 Å². The second-order valence-corrected chi connectivity index (χ2v) is 6.29. The van der Waals surface area contributed by atoms with E-state index in [1.165, 1.54) is 11.1 Å². The summed E-state index contributed by atoms with van der Waals surface area (Å²) < 4.78 is 1.97. The molecule has 0 bridgehead atoms. The zero-order valence-electron chi connectivity index (χ0n) is 14.2. The SMILES string of the molecule is CC(C)N(C)Cc1ccccc1CN[C@@H](C)Cn1cccn1. The minimum atomic E-state index is 0.385.